The molecule has 0 saturated heterocycles. The van der Waals surface area contributed by atoms with Gasteiger partial charge in [-0.25, -0.2) is 0 Å². The first-order chi connectivity index (χ1) is 9.47. The normalized spacial score (nSPS) is 12.4. The molecular weight excluding hydrogens is 303 g/mol. The van der Waals surface area contributed by atoms with E-state index in [1.807, 2.05) is 0 Å². The lowest BCUT2D eigenvalue weighted by molar-refractivity contribution is -0.384. The van der Waals surface area contributed by atoms with Crippen molar-refractivity contribution in [2.75, 3.05) is 11.9 Å². The Kier molecular flexibility index (Phi) is 2.96. The summed E-state index contributed by atoms with van der Waals surface area (Å²) in [5.74, 6) is 1.09. The fourth-order valence-electron chi connectivity index (χ4n) is 2.10. The highest BCUT2D eigenvalue weighted by Gasteiger charge is 2.26. The van der Waals surface area contributed by atoms with Crippen molar-refractivity contribution in [3.63, 3.8) is 0 Å². The van der Waals surface area contributed by atoms with E-state index >= 15 is 0 Å². The average Bonchev–Trinajstić information content (AvgIpc) is 2.39. The lowest BCUT2D eigenvalue weighted by Gasteiger charge is -2.29. The number of hydrogen-bond acceptors (Lipinski definition) is 4. The Morgan fingerprint density at radius 2 is 1.85 bits per heavy atom. The van der Waals surface area contributed by atoms with Crippen LogP contribution in [0.25, 0.3) is 0 Å². The number of rotatable bonds is 1. The molecule has 20 heavy (non-hydrogen) atoms. The molecule has 0 aromatic heterocycles. The number of anilines is 2. The summed E-state index contributed by atoms with van der Waals surface area (Å²) in [6.07, 6.45) is 0. The molecule has 0 fully saturated rings. The van der Waals surface area contributed by atoms with Crippen molar-refractivity contribution in [3.8, 4) is 11.5 Å². The van der Waals surface area contributed by atoms with Gasteiger partial charge < -0.3 is 9.64 Å². The second kappa shape index (κ2) is 4.54. The lowest BCUT2D eigenvalue weighted by Crippen LogP contribution is -2.16. The third-order valence-electron chi connectivity index (χ3n) is 3.09. The summed E-state index contributed by atoms with van der Waals surface area (Å²) in [5.41, 5.74) is 1.14. The second-order valence-corrected chi connectivity index (χ2v) is 5.15. The fourth-order valence-corrected chi connectivity index (χ4v) is 2.49. The van der Waals surface area contributed by atoms with E-state index < -0.39 is 4.92 Å². The zero-order valence-electron chi connectivity index (χ0n) is 10.3. The number of hydrogen-bond donors (Lipinski definition) is 0. The van der Waals surface area contributed by atoms with Gasteiger partial charge in [0.05, 0.1) is 16.3 Å². The van der Waals surface area contributed by atoms with E-state index in [0.29, 0.717) is 22.2 Å². The molecule has 0 saturated carbocycles. The summed E-state index contributed by atoms with van der Waals surface area (Å²) in [6, 6.07) is 8.03. The molecular formula is C13H8Cl2N2O3. The first-order valence-electron chi connectivity index (χ1n) is 5.66. The fraction of sp³-hybridized carbons (Fsp3) is 0.0769. The van der Waals surface area contributed by atoms with Crippen LogP contribution in [0.1, 0.15) is 0 Å². The average molecular weight is 311 g/mol. The number of nitrogens with zero attached hydrogens (tertiary/aromatic N) is 2. The number of fused-ring (bicyclic) bond motifs is 2. The molecule has 1 heterocycles. The molecule has 1 aliphatic heterocycles. The first kappa shape index (κ1) is 13.0. The third kappa shape index (κ3) is 1.95. The van der Waals surface area contributed by atoms with E-state index in [9.17, 15) is 10.1 Å². The van der Waals surface area contributed by atoms with Crippen LogP contribution >= 0.6 is 23.2 Å². The molecule has 0 spiro atoms. The van der Waals surface area contributed by atoms with Crippen molar-refractivity contribution in [1.29, 1.82) is 0 Å². The Morgan fingerprint density at radius 3 is 2.55 bits per heavy atom. The molecule has 2 aromatic rings. The number of nitro benzene ring substituents is 1. The van der Waals surface area contributed by atoms with Crippen molar-refractivity contribution < 1.29 is 9.66 Å². The minimum atomic E-state index is -0.524. The first-order valence-corrected chi connectivity index (χ1v) is 6.42. The summed E-state index contributed by atoms with van der Waals surface area (Å²) in [6.45, 7) is 0. The largest absolute Gasteiger partial charge is 0.453 e. The van der Waals surface area contributed by atoms with E-state index in [1.165, 1.54) is 12.1 Å². The molecule has 3 rings (SSSR count). The summed E-state index contributed by atoms with van der Waals surface area (Å²) < 4.78 is 5.71. The minimum Gasteiger partial charge on any atom is -0.453 e. The molecule has 0 aliphatic carbocycles. The summed E-state index contributed by atoms with van der Waals surface area (Å²) in [4.78, 5) is 12.2. The topological polar surface area (TPSA) is 55.6 Å². The Morgan fingerprint density at radius 1 is 1.15 bits per heavy atom. The van der Waals surface area contributed by atoms with E-state index in [0.717, 1.165) is 5.69 Å². The van der Waals surface area contributed by atoms with Crippen LogP contribution in [0.3, 0.4) is 0 Å². The van der Waals surface area contributed by atoms with Crippen molar-refractivity contribution in [2.45, 2.75) is 0 Å². The summed E-state index contributed by atoms with van der Waals surface area (Å²) >= 11 is 11.9. The van der Waals surface area contributed by atoms with Crippen LogP contribution in [-0.4, -0.2) is 12.0 Å². The van der Waals surface area contributed by atoms with E-state index in [1.54, 1.807) is 30.1 Å². The Bertz CT molecular complexity index is 734. The highest BCUT2D eigenvalue weighted by molar-refractivity contribution is 6.33. The highest BCUT2D eigenvalue weighted by atomic mass is 35.5. The standard InChI is InChI=1S/C13H8Cl2N2O3/c1-16-10-4-7(14)2-3-12(10)20-13-5-8(15)9(17(18)19)6-11(13)16/h2-6H,1H3. The van der Waals surface area contributed by atoms with Crippen molar-refractivity contribution >= 4 is 40.3 Å². The van der Waals surface area contributed by atoms with Crippen LogP contribution in [-0.2, 0) is 0 Å². The van der Waals surface area contributed by atoms with E-state index in [2.05, 4.69) is 0 Å². The highest BCUT2D eigenvalue weighted by Crippen LogP contribution is 2.49. The maximum atomic E-state index is 11.0. The van der Waals surface area contributed by atoms with Gasteiger partial charge in [-0.05, 0) is 18.2 Å². The quantitative estimate of drug-likeness (QED) is 0.562. The molecule has 0 atom stereocenters. The molecule has 0 radical (unpaired) electrons. The minimum absolute atomic E-state index is 0.0413. The van der Waals surface area contributed by atoms with Crippen molar-refractivity contribution in [1.82, 2.24) is 0 Å². The number of halogens is 2. The molecule has 2 aromatic carbocycles. The Labute approximate surface area is 124 Å². The zero-order valence-corrected chi connectivity index (χ0v) is 11.8. The van der Waals surface area contributed by atoms with E-state index in [4.69, 9.17) is 27.9 Å². The van der Waals surface area contributed by atoms with Gasteiger partial charge in [-0.2, -0.15) is 0 Å². The van der Waals surface area contributed by atoms with E-state index in [-0.39, 0.29) is 10.7 Å². The Hall–Kier alpha value is -1.98. The predicted octanol–water partition coefficient (Wildman–Crippen LogP) is 4.78. The van der Waals surface area contributed by atoms with Gasteiger partial charge >= 0.3 is 0 Å². The zero-order chi connectivity index (χ0) is 14.4. The predicted molar refractivity (Wildman–Crippen MR) is 77.7 cm³/mol. The van der Waals surface area contributed by atoms with Gasteiger partial charge in [0.1, 0.15) is 5.02 Å². The monoisotopic (exact) mass is 310 g/mol. The van der Waals surface area contributed by atoms with Crippen LogP contribution in [0.5, 0.6) is 11.5 Å². The van der Waals surface area contributed by atoms with Crippen LogP contribution in [0.15, 0.2) is 30.3 Å². The molecule has 1 aliphatic rings. The molecule has 0 bridgehead atoms. The summed E-state index contributed by atoms with van der Waals surface area (Å²) in [5, 5.41) is 11.6. The van der Waals surface area contributed by atoms with Gasteiger partial charge in [0.25, 0.3) is 5.69 Å². The molecule has 0 amide bonds. The lowest BCUT2D eigenvalue weighted by atomic mass is 10.1. The maximum Gasteiger partial charge on any atom is 0.290 e. The molecule has 0 unspecified atom stereocenters. The van der Waals surface area contributed by atoms with Crippen molar-refractivity contribution in [3.05, 3.63) is 50.5 Å². The van der Waals surface area contributed by atoms with Crippen LogP contribution in [0, 0.1) is 10.1 Å². The van der Waals surface area contributed by atoms with Gasteiger partial charge in [-0.1, -0.05) is 23.2 Å². The van der Waals surface area contributed by atoms with Crippen LogP contribution in [0.4, 0.5) is 17.1 Å². The summed E-state index contributed by atoms with van der Waals surface area (Å²) in [7, 11) is 1.79. The van der Waals surface area contributed by atoms with Gasteiger partial charge in [-0.15, -0.1) is 0 Å². The maximum absolute atomic E-state index is 11.0. The number of nitro groups is 1. The molecule has 102 valence electrons. The van der Waals surface area contributed by atoms with Crippen LogP contribution in [0.2, 0.25) is 10.0 Å². The second-order valence-electron chi connectivity index (χ2n) is 4.30. The number of benzene rings is 2. The van der Waals surface area contributed by atoms with Crippen LogP contribution < -0.4 is 9.64 Å². The van der Waals surface area contributed by atoms with Gasteiger partial charge in [0.2, 0.25) is 0 Å². The molecule has 0 N–H and O–H groups in total. The third-order valence-corrected chi connectivity index (χ3v) is 3.63. The molecule has 7 heteroatoms. The van der Waals surface area contributed by atoms with Gasteiger partial charge in [-0.3, -0.25) is 10.1 Å². The SMILES string of the molecule is CN1c2cc(Cl)ccc2Oc2cc(Cl)c([N+](=O)[O-])cc21. The molecule has 5 nitrogen and oxygen atoms in total. The number of ether oxygens (including phenoxy) is 1. The van der Waals surface area contributed by atoms with Gasteiger partial charge in [0.15, 0.2) is 11.5 Å². The van der Waals surface area contributed by atoms with Gasteiger partial charge in [0, 0.05) is 24.2 Å². The van der Waals surface area contributed by atoms with Crippen molar-refractivity contribution in [2.24, 2.45) is 0 Å². The Balaban J connectivity index is 2.18. The smallest absolute Gasteiger partial charge is 0.290 e.